The van der Waals surface area contributed by atoms with Crippen LogP contribution < -0.4 is 43.2 Å². The van der Waals surface area contributed by atoms with E-state index in [0.717, 1.165) is 112 Å². The number of nitrogens with zero attached hydrogens (tertiary/aromatic N) is 2. The minimum Gasteiger partial charge on any atom is -0.507 e. The van der Waals surface area contributed by atoms with Gasteiger partial charge in [0, 0.05) is 146 Å². The summed E-state index contributed by atoms with van der Waals surface area (Å²) in [7, 11) is 18.6. The van der Waals surface area contributed by atoms with Crippen molar-refractivity contribution < 1.29 is 125 Å². The Hall–Kier alpha value is -7.36. The maximum Gasteiger partial charge on any atom is 0.341 e. The summed E-state index contributed by atoms with van der Waals surface area (Å²) in [6.45, 7) is 20.5. The molecule has 0 radical (unpaired) electrons. The molecule has 8 aromatic rings. The first kappa shape index (κ1) is 131. The number of carbonyl (C=O) groups is 5. The van der Waals surface area contributed by atoms with Crippen LogP contribution in [0.5, 0.6) is 57.5 Å². The highest BCUT2D eigenvalue weighted by molar-refractivity contribution is 9.09. The topological polar surface area (TPSA) is 379 Å². The fourth-order valence-electron chi connectivity index (χ4n) is 14.5. The van der Waals surface area contributed by atoms with Crippen molar-refractivity contribution in [3.8, 4) is 57.5 Å². The molecule has 42 heteroatoms. The Morgan fingerprint density at radius 1 is 0.393 bits per heavy atom. The number of benzene rings is 8. The standard InChI is InChI=1S/2C25H31Cl2NO5.C13H18ClNO.C12H14BrClO4.C9H9ClO4.C9H10O4.C3H7BrO.2CH4.Cl2O2S.ClH/c2*1-24(2)16-28(12-10-25(24,30)17-6-8-18(26)9-7-17)11-5-13-33-21-15-22(31-3)20(27)14-19(21)23(29)32-4;1-12(2)9-15-8-7-13(12,16)10-3-5-11(14)6-4-10;1-16-11-7-10(18-5-3-4-13)8(6-9(11)14)12(15)17-2;1-13-8-4-7(11)5(3-6(8)10)9(12)14-2;1-12-6-3-4-7(8(10)5-6)9(11)13-2;4-2-1-3-5;;;1-5(2,3)4;/h2*6-9,14-15,30H,5,10-13,16H2,1-4H3;3-6,15-16H,7-9H2,1-2H3;6-7H,3-5H2,1-2H3;3-4,11H,1-2H3;3-5,10H,1-2H3;5H,1-3H2;2*1H4;;1H. The first-order chi connectivity index (χ1) is 64.5. The lowest BCUT2D eigenvalue weighted by atomic mass is 9.66. The number of hydrogen-bond donors (Lipinski definition) is 7. The predicted molar refractivity (Wildman–Crippen MR) is 563 cm³/mol. The first-order valence-corrected chi connectivity index (χ1v) is 50.4. The lowest BCUT2D eigenvalue weighted by Crippen LogP contribution is -2.55. The van der Waals surface area contributed by atoms with Crippen LogP contribution in [0.3, 0.4) is 0 Å². The molecule has 29 nitrogen and oxygen atoms in total. The first-order valence-electron chi connectivity index (χ1n) is 42.4. The number of halogens is 12. The quantitative estimate of drug-likeness (QED) is 0.00752. The number of likely N-dealkylation sites (tertiary alicyclic amines) is 2. The molecule has 0 saturated carbocycles. The summed E-state index contributed by atoms with van der Waals surface area (Å²) in [5.41, 5.74) is 0.248. The Morgan fingerprint density at radius 2 is 0.686 bits per heavy atom. The molecule has 0 spiro atoms. The Bertz CT molecular complexity index is 5150. The number of rotatable bonds is 29. The van der Waals surface area contributed by atoms with Crippen LogP contribution in [0.4, 0.5) is 0 Å². The minimum absolute atomic E-state index is 0. The maximum atomic E-state index is 12.1. The number of phenolic OH excluding ortho intramolecular Hbond substituents is 2. The number of carbonyl (C=O) groups excluding carboxylic acids is 5. The maximum absolute atomic E-state index is 12.1. The van der Waals surface area contributed by atoms with E-state index in [2.05, 4.69) is 124 Å². The third kappa shape index (κ3) is 39.2. The van der Waals surface area contributed by atoms with Crippen molar-refractivity contribution in [2.24, 2.45) is 16.2 Å². The van der Waals surface area contributed by atoms with Gasteiger partial charge in [0.25, 0.3) is 0 Å². The molecule has 8 aromatic carbocycles. The fourth-order valence-corrected chi connectivity index (χ4v) is 16.4. The van der Waals surface area contributed by atoms with Gasteiger partial charge in [0.15, 0.2) is 0 Å². The minimum atomic E-state index is -3.72. The van der Waals surface area contributed by atoms with Crippen molar-refractivity contribution in [1.82, 2.24) is 15.1 Å². The molecular formula is C98H129Br2Cl10N3O26S. The largest absolute Gasteiger partial charge is 0.507 e. The van der Waals surface area contributed by atoms with Gasteiger partial charge in [-0.05, 0) is 141 Å². The van der Waals surface area contributed by atoms with Crippen LogP contribution in [0.25, 0.3) is 0 Å². The number of hydrogen-bond acceptors (Lipinski definition) is 29. The summed E-state index contributed by atoms with van der Waals surface area (Å²) >= 11 is 48.4. The van der Waals surface area contributed by atoms with Crippen LogP contribution in [0, 0.1) is 16.2 Å². The number of nitrogens with one attached hydrogen (secondary N) is 1. The fraction of sp³-hybridized carbons (Fsp3) is 0.459. The van der Waals surface area contributed by atoms with E-state index >= 15 is 0 Å². The summed E-state index contributed by atoms with van der Waals surface area (Å²) in [5.74, 6) is 0.146. The van der Waals surface area contributed by atoms with Crippen LogP contribution in [-0.2, 0) is 48.8 Å². The highest BCUT2D eigenvalue weighted by atomic mass is 79.9. The molecule has 3 unspecified atom stereocenters. The number of piperidine rings is 3. The summed E-state index contributed by atoms with van der Waals surface area (Å²) < 4.78 is 84.2. The number of aromatic hydroxyl groups is 2. The number of aliphatic hydroxyl groups is 4. The van der Waals surface area contributed by atoms with Gasteiger partial charge in [-0.1, -0.05) is 206 Å². The Morgan fingerprint density at radius 3 is 0.964 bits per heavy atom. The molecule has 3 fully saturated rings. The normalized spacial score (nSPS) is 16.7. The molecule has 0 aromatic heterocycles. The van der Waals surface area contributed by atoms with Crippen molar-refractivity contribution in [3.63, 3.8) is 0 Å². The summed E-state index contributed by atoms with van der Waals surface area (Å²) in [4.78, 5) is 62.6. The monoisotopic (exact) mass is 2300 g/mol. The molecule has 11 rings (SSSR count). The number of ether oxygens (including phenoxy) is 13. The van der Waals surface area contributed by atoms with E-state index in [-0.39, 0.29) is 87.8 Å². The van der Waals surface area contributed by atoms with Crippen molar-refractivity contribution in [2.45, 2.75) is 118 Å². The number of methoxy groups -OCH3 is 10. The summed E-state index contributed by atoms with van der Waals surface area (Å²) in [6, 6.07) is 38.6. The Kier molecular flexibility index (Phi) is 58.9. The number of alkyl halides is 2. The molecule has 3 aliphatic rings. The van der Waals surface area contributed by atoms with Crippen LogP contribution in [-0.4, -0.2) is 239 Å². The molecule has 3 saturated heterocycles. The van der Waals surface area contributed by atoms with Gasteiger partial charge in [0.2, 0.25) is 0 Å². The summed E-state index contributed by atoms with van der Waals surface area (Å²) in [6.07, 6.45) is 5.18. The van der Waals surface area contributed by atoms with Gasteiger partial charge in [-0.25, -0.2) is 24.0 Å². The van der Waals surface area contributed by atoms with Gasteiger partial charge in [0.1, 0.15) is 85.3 Å². The van der Waals surface area contributed by atoms with Gasteiger partial charge in [-0.3, -0.25) is 0 Å². The van der Waals surface area contributed by atoms with E-state index in [1.165, 1.54) is 114 Å². The molecule has 7 N–H and O–H groups in total. The smallest absolute Gasteiger partial charge is 0.341 e. The van der Waals surface area contributed by atoms with E-state index in [1.54, 1.807) is 24.3 Å². The molecule has 0 amide bonds. The van der Waals surface area contributed by atoms with Gasteiger partial charge in [0.05, 0.1) is 128 Å². The molecule has 782 valence electrons. The second kappa shape index (κ2) is 63.1. The van der Waals surface area contributed by atoms with Crippen molar-refractivity contribution in [3.05, 3.63) is 219 Å². The van der Waals surface area contributed by atoms with E-state index in [1.807, 2.05) is 72.8 Å². The van der Waals surface area contributed by atoms with Crippen molar-refractivity contribution in [1.29, 1.82) is 0 Å². The second-order valence-electron chi connectivity index (χ2n) is 32.5. The average molecular weight is 2310 g/mol. The van der Waals surface area contributed by atoms with Crippen LogP contribution in [0.2, 0.25) is 35.2 Å². The van der Waals surface area contributed by atoms with Crippen LogP contribution in [0.15, 0.2) is 140 Å². The SMILES string of the molecule is C.C.CC1(C)CNCCC1(O)c1ccc(Cl)cc1.COC(=O)c1cc(Cl)c(OC)cc1O.COC(=O)c1cc(Cl)c(OC)cc1OCCCBr.COC(=O)c1cc(Cl)c(OC)cc1OCCCN1CCC(O)(c2ccc(Cl)cc2)C(C)(C)C1.COC(=O)c1cc(Cl)c(OC)cc1OCCCN1CCC(O)(c2ccc(Cl)cc2)C(C)(C)C1.COC(=O)c1ccc(OC)cc1O.Cl.O=S(=O)(Cl)Cl.OCCCBr. The highest BCUT2D eigenvalue weighted by Crippen LogP contribution is 2.49. The van der Waals surface area contributed by atoms with Gasteiger partial charge in [-0.2, -0.15) is 8.42 Å². The molecule has 3 heterocycles. The molecule has 3 aliphatic heterocycles. The second-order valence-corrected chi connectivity index (χ2v) is 40.7. The van der Waals surface area contributed by atoms with Crippen molar-refractivity contribution in [2.75, 3.05) is 161 Å². The summed E-state index contributed by atoms with van der Waals surface area (Å²) in [5, 5.41) is 69.0. The highest BCUT2D eigenvalue weighted by Gasteiger charge is 2.51. The van der Waals surface area contributed by atoms with Gasteiger partial charge < -0.3 is 107 Å². The van der Waals surface area contributed by atoms with Gasteiger partial charge >= 0.3 is 38.1 Å². The zero-order valence-electron chi connectivity index (χ0n) is 79.3. The molecule has 3 atom stereocenters. The zero-order valence-corrected chi connectivity index (χ0v) is 91.0. The van der Waals surface area contributed by atoms with E-state index in [0.29, 0.717) is 115 Å². The van der Waals surface area contributed by atoms with Crippen LogP contribution >= 0.6 is 147 Å². The van der Waals surface area contributed by atoms with Crippen molar-refractivity contribution >= 4 is 185 Å². The lowest BCUT2D eigenvalue weighted by Gasteiger charge is -2.50. The average Bonchev–Trinajstić information content (AvgIpc) is 0.711. The third-order valence-electron chi connectivity index (χ3n) is 22.2. The van der Waals surface area contributed by atoms with Gasteiger partial charge in [-0.15, -0.1) is 12.4 Å². The Balaban J connectivity index is 0.000000848. The molecular weight excluding hydrogens is 2180 g/mol. The number of phenols is 2. The molecule has 140 heavy (non-hydrogen) atoms. The van der Waals surface area contributed by atoms with E-state index in [9.17, 15) is 49.5 Å². The number of aliphatic hydroxyl groups excluding tert-OH is 1. The number of esters is 5. The zero-order chi connectivity index (χ0) is 103. The predicted octanol–water partition coefficient (Wildman–Crippen LogP) is 22.4. The van der Waals surface area contributed by atoms with E-state index in [4.69, 9.17) is 142 Å². The third-order valence-corrected chi connectivity index (χ3v) is 25.3. The van der Waals surface area contributed by atoms with E-state index < -0.39 is 54.9 Å². The lowest BCUT2D eigenvalue weighted by molar-refractivity contribution is -0.125. The molecule has 0 bridgehead atoms. The van der Waals surface area contributed by atoms with Crippen LogP contribution in [0.1, 0.15) is 170 Å². The Labute approximate surface area is 888 Å². The molecule has 0 aliphatic carbocycles.